The summed E-state index contributed by atoms with van der Waals surface area (Å²) >= 11 is 0. The first-order valence-electron chi connectivity index (χ1n) is 6.69. The molecule has 0 aromatic carbocycles. The number of carboxylic acid groups (broad SMARTS) is 1. The Morgan fingerprint density at radius 2 is 1.68 bits per heavy atom. The SMILES string of the molecule is CC(C)CC(CNC(=O)C(C)(C)C(C)(C)N)C(=O)O. The van der Waals surface area contributed by atoms with Gasteiger partial charge in [0.15, 0.2) is 0 Å². The van der Waals surface area contributed by atoms with Gasteiger partial charge in [-0.15, -0.1) is 0 Å². The average molecular weight is 272 g/mol. The van der Waals surface area contributed by atoms with E-state index in [1.165, 1.54) is 0 Å². The van der Waals surface area contributed by atoms with Gasteiger partial charge in [-0.05, 0) is 40.0 Å². The first kappa shape index (κ1) is 17.9. The molecule has 0 spiro atoms. The van der Waals surface area contributed by atoms with E-state index in [9.17, 15) is 9.59 Å². The van der Waals surface area contributed by atoms with Gasteiger partial charge in [0.25, 0.3) is 0 Å². The summed E-state index contributed by atoms with van der Waals surface area (Å²) in [5, 5.41) is 11.8. The maximum Gasteiger partial charge on any atom is 0.308 e. The van der Waals surface area contributed by atoms with Crippen LogP contribution in [0, 0.1) is 17.3 Å². The van der Waals surface area contributed by atoms with Crippen LogP contribution in [0.4, 0.5) is 0 Å². The number of rotatable bonds is 7. The summed E-state index contributed by atoms with van der Waals surface area (Å²) in [6.07, 6.45) is 0.544. The van der Waals surface area contributed by atoms with E-state index in [2.05, 4.69) is 5.32 Å². The molecule has 0 aliphatic heterocycles. The van der Waals surface area contributed by atoms with Crippen molar-refractivity contribution in [3.63, 3.8) is 0 Å². The fourth-order valence-corrected chi connectivity index (χ4v) is 1.57. The molecule has 0 fully saturated rings. The van der Waals surface area contributed by atoms with Crippen LogP contribution < -0.4 is 11.1 Å². The average Bonchev–Trinajstić information content (AvgIpc) is 2.20. The lowest BCUT2D eigenvalue weighted by Crippen LogP contribution is -2.56. The Hall–Kier alpha value is -1.10. The molecule has 19 heavy (non-hydrogen) atoms. The van der Waals surface area contributed by atoms with E-state index in [0.717, 1.165) is 0 Å². The molecule has 0 aliphatic carbocycles. The van der Waals surface area contributed by atoms with Gasteiger partial charge in [-0.25, -0.2) is 0 Å². The van der Waals surface area contributed by atoms with Crippen LogP contribution in [0.15, 0.2) is 0 Å². The molecule has 1 atom stereocenters. The first-order chi connectivity index (χ1) is 8.39. The molecule has 0 radical (unpaired) electrons. The topological polar surface area (TPSA) is 92.4 Å². The van der Waals surface area contributed by atoms with Crippen molar-refractivity contribution in [3.8, 4) is 0 Å². The molecule has 4 N–H and O–H groups in total. The molecule has 0 saturated heterocycles. The third-order valence-electron chi connectivity index (χ3n) is 3.79. The predicted octanol–water partition coefficient (Wildman–Crippen LogP) is 1.61. The van der Waals surface area contributed by atoms with Crippen molar-refractivity contribution < 1.29 is 14.7 Å². The highest BCUT2D eigenvalue weighted by molar-refractivity contribution is 5.83. The van der Waals surface area contributed by atoms with Gasteiger partial charge in [0.1, 0.15) is 0 Å². The summed E-state index contributed by atoms with van der Waals surface area (Å²) in [7, 11) is 0. The van der Waals surface area contributed by atoms with Crippen LogP contribution in [-0.2, 0) is 9.59 Å². The Labute approximate surface area is 115 Å². The molecule has 5 nitrogen and oxygen atoms in total. The van der Waals surface area contributed by atoms with E-state index >= 15 is 0 Å². The van der Waals surface area contributed by atoms with Gasteiger partial charge in [-0.3, -0.25) is 9.59 Å². The fraction of sp³-hybridized carbons (Fsp3) is 0.857. The zero-order valence-electron chi connectivity index (χ0n) is 12.9. The van der Waals surface area contributed by atoms with Gasteiger partial charge in [-0.2, -0.15) is 0 Å². The number of hydrogen-bond donors (Lipinski definition) is 3. The molecule has 0 saturated carbocycles. The number of carbonyl (C=O) groups excluding carboxylic acids is 1. The van der Waals surface area contributed by atoms with Crippen molar-refractivity contribution in [1.29, 1.82) is 0 Å². The van der Waals surface area contributed by atoms with Crippen LogP contribution in [-0.4, -0.2) is 29.1 Å². The summed E-state index contributed by atoms with van der Waals surface area (Å²) < 4.78 is 0. The molecule has 5 heteroatoms. The summed E-state index contributed by atoms with van der Waals surface area (Å²) in [6, 6.07) is 0. The summed E-state index contributed by atoms with van der Waals surface area (Å²) in [6.45, 7) is 11.2. The second-order valence-corrected chi connectivity index (χ2v) is 6.72. The number of carboxylic acids is 1. The third kappa shape index (κ3) is 5.19. The van der Waals surface area contributed by atoms with E-state index in [1.807, 2.05) is 13.8 Å². The molecule has 0 aliphatic rings. The lowest BCUT2D eigenvalue weighted by molar-refractivity contribution is -0.142. The van der Waals surface area contributed by atoms with Gasteiger partial charge in [0.05, 0.1) is 11.3 Å². The lowest BCUT2D eigenvalue weighted by Gasteiger charge is -2.37. The maximum atomic E-state index is 12.1. The minimum Gasteiger partial charge on any atom is -0.481 e. The molecule has 0 heterocycles. The van der Waals surface area contributed by atoms with Gasteiger partial charge in [-0.1, -0.05) is 13.8 Å². The molecular weight excluding hydrogens is 244 g/mol. The zero-order valence-corrected chi connectivity index (χ0v) is 12.9. The van der Waals surface area contributed by atoms with Crippen molar-refractivity contribution in [2.75, 3.05) is 6.54 Å². The van der Waals surface area contributed by atoms with E-state index in [1.54, 1.807) is 27.7 Å². The Bertz CT molecular complexity index is 330. The minimum atomic E-state index is -0.876. The number of nitrogens with one attached hydrogen (secondary N) is 1. The Kier molecular flexibility index (Phi) is 6.00. The van der Waals surface area contributed by atoms with Crippen molar-refractivity contribution >= 4 is 11.9 Å². The van der Waals surface area contributed by atoms with Crippen LogP contribution in [0.2, 0.25) is 0 Å². The van der Waals surface area contributed by atoms with E-state index in [0.29, 0.717) is 6.42 Å². The summed E-state index contributed by atoms with van der Waals surface area (Å²) in [4.78, 5) is 23.3. The number of amides is 1. The largest absolute Gasteiger partial charge is 0.481 e. The smallest absolute Gasteiger partial charge is 0.308 e. The molecule has 0 aromatic heterocycles. The Morgan fingerprint density at radius 1 is 1.21 bits per heavy atom. The Morgan fingerprint density at radius 3 is 2.00 bits per heavy atom. The van der Waals surface area contributed by atoms with Crippen LogP contribution >= 0.6 is 0 Å². The van der Waals surface area contributed by atoms with Crippen LogP contribution in [0.5, 0.6) is 0 Å². The second kappa shape index (κ2) is 6.37. The molecule has 1 unspecified atom stereocenters. The highest BCUT2D eigenvalue weighted by Gasteiger charge is 2.40. The third-order valence-corrected chi connectivity index (χ3v) is 3.79. The molecule has 0 bridgehead atoms. The van der Waals surface area contributed by atoms with Gasteiger partial charge >= 0.3 is 5.97 Å². The highest BCUT2D eigenvalue weighted by Crippen LogP contribution is 2.28. The van der Waals surface area contributed by atoms with Gasteiger partial charge in [0, 0.05) is 12.1 Å². The fourth-order valence-electron chi connectivity index (χ4n) is 1.57. The van der Waals surface area contributed by atoms with Crippen molar-refractivity contribution in [1.82, 2.24) is 5.32 Å². The molecular formula is C14H28N2O3. The highest BCUT2D eigenvalue weighted by atomic mass is 16.4. The Balaban J connectivity index is 4.62. The number of carbonyl (C=O) groups is 2. The molecule has 0 rings (SSSR count). The van der Waals surface area contributed by atoms with E-state index < -0.39 is 22.8 Å². The van der Waals surface area contributed by atoms with Crippen molar-refractivity contribution in [2.24, 2.45) is 23.0 Å². The summed E-state index contributed by atoms with van der Waals surface area (Å²) in [5.41, 5.74) is 4.56. The van der Waals surface area contributed by atoms with Crippen molar-refractivity contribution in [3.05, 3.63) is 0 Å². The van der Waals surface area contributed by atoms with E-state index in [4.69, 9.17) is 10.8 Å². The van der Waals surface area contributed by atoms with Crippen molar-refractivity contribution in [2.45, 2.75) is 53.5 Å². The predicted molar refractivity (Wildman–Crippen MR) is 75.6 cm³/mol. The van der Waals surface area contributed by atoms with Crippen LogP contribution in [0.1, 0.15) is 48.0 Å². The standard InChI is InChI=1S/C14H28N2O3/c1-9(2)7-10(11(17)18)8-16-12(19)13(3,4)14(5,6)15/h9-10H,7-8,15H2,1-6H3,(H,16,19)(H,17,18). The second-order valence-electron chi connectivity index (χ2n) is 6.72. The lowest BCUT2D eigenvalue weighted by atomic mass is 9.74. The molecule has 112 valence electrons. The number of aliphatic carboxylic acids is 1. The van der Waals surface area contributed by atoms with Gasteiger partial charge < -0.3 is 16.2 Å². The van der Waals surface area contributed by atoms with Crippen LogP contribution in [0.25, 0.3) is 0 Å². The summed E-state index contributed by atoms with van der Waals surface area (Å²) in [5.74, 6) is -1.37. The normalized spacial score (nSPS) is 14.3. The minimum absolute atomic E-state index is 0.145. The van der Waals surface area contributed by atoms with Crippen LogP contribution in [0.3, 0.4) is 0 Å². The van der Waals surface area contributed by atoms with E-state index in [-0.39, 0.29) is 18.4 Å². The molecule has 1 amide bonds. The monoisotopic (exact) mass is 272 g/mol. The maximum absolute atomic E-state index is 12.1. The quantitative estimate of drug-likeness (QED) is 0.656. The first-order valence-corrected chi connectivity index (χ1v) is 6.69. The molecule has 0 aromatic rings. The number of nitrogens with two attached hydrogens (primary N) is 1. The van der Waals surface area contributed by atoms with Gasteiger partial charge in [0.2, 0.25) is 5.91 Å². The zero-order chi connectivity index (χ0) is 15.4. The number of hydrogen-bond acceptors (Lipinski definition) is 3.